The average Bonchev–Trinajstić information content (AvgIpc) is 2.71. The van der Waals surface area contributed by atoms with Gasteiger partial charge in [-0.1, -0.05) is 81.7 Å². The molecule has 1 aromatic carbocycles. The summed E-state index contributed by atoms with van der Waals surface area (Å²) in [6, 6.07) is 8.66. The largest absolute Gasteiger partial charge is 0.341 e. The summed E-state index contributed by atoms with van der Waals surface area (Å²) in [6.45, 7) is 15.4. The second-order valence-corrected chi connectivity index (χ2v) is 6.36. The van der Waals surface area contributed by atoms with E-state index in [4.69, 9.17) is 0 Å². The van der Waals surface area contributed by atoms with Gasteiger partial charge in [0.2, 0.25) is 0 Å². The van der Waals surface area contributed by atoms with Crippen molar-refractivity contribution in [3.63, 3.8) is 0 Å². The number of benzene rings is 1. The topological polar surface area (TPSA) is 3.24 Å². The highest BCUT2D eigenvalue weighted by Crippen LogP contribution is 2.31. The fourth-order valence-electron chi connectivity index (χ4n) is 2.96. The Morgan fingerprint density at radius 3 is 2.72 bits per heavy atom. The number of rotatable bonds is 5. The molecule has 25 heavy (non-hydrogen) atoms. The minimum atomic E-state index is 0.383. The molecular formula is C24H29N. The number of hydrogen-bond acceptors (Lipinski definition) is 1. The lowest BCUT2D eigenvalue weighted by Crippen LogP contribution is -2.22. The molecule has 1 heterocycles. The Hall–Kier alpha value is -2.54. The van der Waals surface area contributed by atoms with Gasteiger partial charge in [0.15, 0.2) is 0 Å². The molecule has 0 fully saturated rings. The van der Waals surface area contributed by atoms with Crippen molar-refractivity contribution in [2.75, 3.05) is 11.4 Å². The van der Waals surface area contributed by atoms with E-state index in [1.54, 1.807) is 0 Å². The Morgan fingerprint density at radius 2 is 2.00 bits per heavy atom. The van der Waals surface area contributed by atoms with E-state index in [1.807, 2.05) is 6.08 Å². The zero-order valence-corrected chi connectivity index (χ0v) is 15.7. The fourth-order valence-corrected chi connectivity index (χ4v) is 2.96. The lowest BCUT2D eigenvalue weighted by molar-refractivity contribution is 0.931. The highest BCUT2D eigenvalue weighted by Gasteiger charge is 2.15. The first kappa shape index (κ1) is 18.8. The van der Waals surface area contributed by atoms with Crippen LogP contribution in [0.2, 0.25) is 0 Å². The molecule has 0 radical (unpaired) electrons. The summed E-state index contributed by atoms with van der Waals surface area (Å²) in [5.41, 5.74) is 6.03. The Balaban J connectivity index is 2.44. The van der Waals surface area contributed by atoms with Gasteiger partial charge in [0.25, 0.3) is 0 Å². The third kappa shape index (κ3) is 4.73. The second kappa shape index (κ2) is 9.08. The third-order valence-corrected chi connectivity index (χ3v) is 4.64. The van der Waals surface area contributed by atoms with Crippen molar-refractivity contribution in [3.05, 3.63) is 102 Å². The first-order chi connectivity index (χ1) is 12.1. The normalized spacial score (nSPS) is 20.8. The van der Waals surface area contributed by atoms with Crippen LogP contribution in [0.1, 0.15) is 38.7 Å². The van der Waals surface area contributed by atoms with Crippen LogP contribution in [0.15, 0.2) is 96.8 Å². The molecule has 0 saturated carbocycles. The molecule has 0 bridgehead atoms. The standard InChI is InChI=1S/C24H29N/c1-6-19(3)22(7-2)17-16-21(5)25-18-12-8-9-13-20(4)23-14-10-11-15-24(23)25/h7-17,20H,2-3,6,18H2,1,4-5H3/b12-8-,13-9-,21-16+,22-17+. The van der Waals surface area contributed by atoms with E-state index in [-0.39, 0.29) is 0 Å². The predicted octanol–water partition coefficient (Wildman–Crippen LogP) is 6.70. The maximum absolute atomic E-state index is 4.12. The van der Waals surface area contributed by atoms with Crippen LogP contribution in [0.25, 0.3) is 0 Å². The summed E-state index contributed by atoms with van der Waals surface area (Å²) >= 11 is 0. The van der Waals surface area contributed by atoms with Crippen LogP contribution in [-0.2, 0) is 0 Å². The number of para-hydroxylation sites is 1. The Bertz CT molecular complexity index is 743. The van der Waals surface area contributed by atoms with E-state index < -0.39 is 0 Å². The maximum Gasteiger partial charge on any atom is 0.0449 e. The predicted molar refractivity (Wildman–Crippen MR) is 112 cm³/mol. The van der Waals surface area contributed by atoms with Crippen LogP contribution < -0.4 is 4.90 Å². The van der Waals surface area contributed by atoms with Crippen LogP contribution in [0.5, 0.6) is 0 Å². The molecule has 1 aliphatic heterocycles. The number of fused-ring (bicyclic) bond motifs is 1. The van der Waals surface area contributed by atoms with Crippen molar-refractivity contribution in [2.45, 2.75) is 33.1 Å². The van der Waals surface area contributed by atoms with E-state index in [9.17, 15) is 0 Å². The number of anilines is 1. The molecule has 130 valence electrons. The molecule has 0 aliphatic carbocycles. The number of hydrogen-bond donors (Lipinski definition) is 0. The first-order valence-electron chi connectivity index (χ1n) is 8.97. The minimum absolute atomic E-state index is 0.383. The number of allylic oxidation sites excluding steroid dienone is 9. The quantitative estimate of drug-likeness (QED) is 0.542. The molecular weight excluding hydrogens is 302 g/mol. The van der Waals surface area contributed by atoms with Gasteiger partial charge < -0.3 is 4.90 Å². The van der Waals surface area contributed by atoms with Gasteiger partial charge in [-0.05, 0) is 42.2 Å². The van der Waals surface area contributed by atoms with Gasteiger partial charge in [0.1, 0.15) is 0 Å². The van der Waals surface area contributed by atoms with Crippen LogP contribution in [0.4, 0.5) is 5.69 Å². The van der Waals surface area contributed by atoms with E-state index in [0.717, 1.165) is 24.1 Å². The van der Waals surface area contributed by atoms with Crippen molar-refractivity contribution < 1.29 is 0 Å². The van der Waals surface area contributed by atoms with Crippen molar-refractivity contribution in [2.24, 2.45) is 0 Å². The van der Waals surface area contributed by atoms with Gasteiger partial charge >= 0.3 is 0 Å². The van der Waals surface area contributed by atoms with Gasteiger partial charge in [-0.15, -0.1) is 0 Å². The molecule has 1 aromatic rings. The molecule has 0 N–H and O–H groups in total. The smallest absolute Gasteiger partial charge is 0.0449 e. The zero-order chi connectivity index (χ0) is 18.2. The molecule has 1 nitrogen and oxygen atoms in total. The Labute approximate surface area is 153 Å². The Kier molecular flexibility index (Phi) is 6.82. The minimum Gasteiger partial charge on any atom is -0.341 e. The lowest BCUT2D eigenvalue weighted by Gasteiger charge is -2.27. The zero-order valence-electron chi connectivity index (χ0n) is 15.7. The molecule has 2 rings (SSSR count). The SMILES string of the molecule is C=C/C(=C\C=C(/C)N1C/C=C\C=C/C(C)c2ccccc21)C(=C)CC. The van der Waals surface area contributed by atoms with E-state index in [0.29, 0.717) is 5.92 Å². The Morgan fingerprint density at radius 1 is 1.24 bits per heavy atom. The second-order valence-electron chi connectivity index (χ2n) is 6.36. The lowest BCUT2D eigenvalue weighted by atomic mass is 9.98. The van der Waals surface area contributed by atoms with Crippen LogP contribution in [0.3, 0.4) is 0 Å². The van der Waals surface area contributed by atoms with Gasteiger partial charge in [-0.25, -0.2) is 0 Å². The van der Waals surface area contributed by atoms with Crippen molar-refractivity contribution in [1.29, 1.82) is 0 Å². The van der Waals surface area contributed by atoms with Crippen LogP contribution in [0, 0.1) is 0 Å². The molecule has 0 saturated heterocycles. The van der Waals surface area contributed by atoms with Crippen molar-refractivity contribution in [1.82, 2.24) is 0 Å². The molecule has 1 heteroatoms. The van der Waals surface area contributed by atoms with Gasteiger partial charge in [0, 0.05) is 23.8 Å². The first-order valence-corrected chi connectivity index (χ1v) is 8.97. The van der Waals surface area contributed by atoms with Crippen LogP contribution >= 0.6 is 0 Å². The highest BCUT2D eigenvalue weighted by atomic mass is 15.1. The van der Waals surface area contributed by atoms with E-state index >= 15 is 0 Å². The average molecular weight is 332 g/mol. The molecule has 0 amide bonds. The van der Waals surface area contributed by atoms with E-state index in [1.165, 1.54) is 16.9 Å². The summed E-state index contributed by atoms with van der Waals surface area (Å²) < 4.78 is 0. The van der Waals surface area contributed by atoms with Gasteiger partial charge in [-0.3, -0.25) is 0 Å². The van der Waals surface area contributed by atoms with Crippen molar-refractivity contribution >= 4 is 5.69 Å². The molecule has 1 unspecified atom stereocenters. The summed E-state index contributed by atoms with van der Waals surface area (Å²) in [6.07, 6.45) is 15.8. The molecule has 1 aliphatic rings. The van der Waals surface area contributed by atoms with Crippen LogP contribution in [-0.4, -0.2) is 6.54 Å². The fraction of sp³-hybridized carbons (Fsp3) is 0.250. The van der Waals surface area contributed by atoms with Gasteiger partial charge in [-0.2, -0.15) is 0 Å². The summed E-state index contributed by atoms with van der Waals surface area (Å²) in [4.78, 5) is 2.36. The molecule has 1 atom stereocenters. The summed E-state index contributed by atoms with van der Waals surface area (Å²) in [7, 11) is 0. The highest BCUT2D eigenvalue weighted by molar-refractivity contribution is 5.61. The molecule has 0 spiro atoms. The van der Waals surface area contributed by atoms with Crippen molar-refractivity contribution in [3.8, 4) is 0 Å². The maximum atomic E-state index is 4.12. The monoisotopic (exact) mass is 331 g/mol. The number of nitrogens with zero attached hydrogens (tertiary/aromatic N) is 1. The van der Waals surface area contributed by atoms with Gasteiger partial charge in [0.05, 0.1) is 0 Å². The third-order valence-electron chi connectivity index (χ3n) is 4.64. The summed E-state index contributed by atoms with van der Waals surface area (Å²) in [5.74, 6) is 0.383. The van der Waals surface area contributed by atoms with E-state index in [2.05, 4.69) is 99.6 Å². The summed E-state index contributed by atoms with van der Waals surface area (Å²) in [5, 5.41) is 0. The molecule has 0 aromatic heterocycles.